The van der Waals surface area contributed by atoms with E-state index < -0.39 is 0 Å². The number of amides is 1. The van der Waals surface area contributed by atoms with Gasteiger partial charge in [-0.2, -0.15) is 0 Å². The third kappa shape index (κ3) is 3.64. The second kappa shape index (κ2) is 6.84. The maximum Gasteiger partial charge on any atom is 0.273 e. The normalized spacial score (nSPS) is 31.3. The summed E-state index contributed by atoms with van der Waals surface area (Å²) in [6.45, 7) is 7.02. The van der Waals surface area contributed by atoms with Crippen LogP contribution in [0.4, 0.5) is 0 Å². The molecule has 1 amide bonds. The molecule has 24 heavy (non-hydrogen) atoms. The fourth-order valence-electron chi connectivity index (χ4n) is 3.92. The standard InChI is InChI=1S/C18H27N3O3/c1-12-8-21(9-13-3-2-6-23-11-13)10-16(12)19-18(22)15-7-17(24-20-15)14-4-5-14/h7,12-14,16H,2-6,8-11H2,1H3,(H,19,22)/t12-,13?,16+/m1/s1. The van der Waals surface area contributed by atoms with Gasteiger partial charge in [0.1, 0.15) is 5.76 Å². The molecular formula is C18H27N3O3. The van der Waals surface area contributed by atoms with Crippen LogP contribution in [0.3, 0.4) is 0 Å². The van der Waals surface area contributed by atoms with Crippen LogP contribution in [0.25, 0.3) is 0 Å². The molecule has 0 aromatic carbocycles. The zero-order valence-electron chi connectivity index (χ0n) is 14.4. The number of carbonyl (C=O) groups is 1. The number of hydrogen-bond donors (Lipinski definition) is 1. The van der Waals surface area contributed by atoms with E-state index in [9.17, 15) is 4.79 Å². The van der Waals surface area contributed by atoms with Crippen LogP contribution in [0, 0.1) is 11.8 Å². The van der Waals surface area contributed by atoms with Crippen molar-refractivity contribution in [2.75, 3.05) is 32.8 Å². The van der Waals surface area contributed by atoms with Crippen LogP contribution in [0.15, 0.2) is 10.6 Å². The molecule has 1 N–H and O–H groups in total. The first-order chi connectivity index (χ1) is 11.7. The number of hydrogen-bond acceptors (Lipinski definition) is 5. The highest BCUT2D eigenvalue weighted by molar-refractivity contribution is 5.92. The van der Waals surface area contributed by atoms with Crippen LogP contribution in [0.2, 0.25) is 0 Å². The summed E-state index contributed by atoms with van der Waals surface area (Å²) in [7, 11) is 0. The molecule has 6 nitrogen and oxygen atoms in total. The number of carbonyl (C=O) groups excluding carboxylic acids is 1. The van der Waals surface area contributed by atoms with Gasteiger partial charge >= 0.3 is 0 Å². The summed E-state index contributed by atoms with van der Waals surface area (Å²) in [6, 6.07) is 1.99. The Balaban J connectivity index is 1.29. The smallest absolute Gasteiger partial charge is 0.273 e. The highest BCUT2D eigenvalue weighted by Gasteiger charge is 2.34. The molecule has 1 aromatic heterocycles. The lowest BCUT2D eigenvalue weighted by Gasteiger charge is -2.26. The number of aromatic nitrogens is 1. The lowest BCUT2D eigenvalue weighted by Crippen LogP contribution is -2.40. The van der Waals surface area contributed by atoms with E-state index in [4.69, 9.17) is 9.26 Å². The van der Waals surface area contributed by atoms with Crippen LogP contribution in [0.5, 0.6) is 0 Å². The van der Waals surface area contributed by atoms with Crippen molar-refractivity contribution in [2.45, 2.75) is 44.6 Å². The number of nitrogens with one attached hydrogen (secondary N) is 1. The van der Waals surface area contributed by atoms with E-state index in [2.05, 4.69) is 22.3 Å². The van der Waals surface area contributed by atoms with Crippen molar-refractivity contribution < 1.29 is 14.1 Å². The number of rotatable bonds is 5. The molecule has 1 saturated carbocycles. The van der Waals surface area contributed by atoms with Crippen LogP contribution in [-0.4, -0.2) is 54.9 Å². The van der Waals surface area contributed by atoms with Gasteiger partial charge in [0.05, 0.1) is 6.61 Å². The molecule has 2 saturated heterocycles. The van der Waals surface area contributed by atoms with E-state index in [0.717, 1.165) is 51.4 Å². The van der Waals surface area contributed by atoms with Crippen LogP contribution < -0.4 is 5.32 Å². The predicted octanol–water partition coefficient (Wildman–Crippen LogP) is 2.03. The molecule has 3 fully saturated rings. The van der Waals surface area contributed by atoms with Crippen molar-refractivity contribution in [3.63, 3.8) is 0 Å². The lowest BCUT2D eigenvalue weighted by molar-refractivity contribution is 0.0412. The average Bonchev–Trinajstić information content (AvgIpc) is 3.21. The maximum absolute atomic E-state index is 12.4. The van der Waals surface area contributed by atoms with E-state index in [1.165, 1.54) is 12.8 Å². The Hall–Kier alpha value is -1.40. The largest absolute Gasteiger partial charge is 0.381 e. The molecule has 3 heterocycles. The third-order valence-corrected chi connectivity index (χ3v) is 5.52. The molecule has 3 aliphatic rings. The van der Waals surface area contributed by atoms with E-state index in [0.29, 0.717) is 23.4 Å². The molecular weight excluding hydrogens is 306 g/mol. The summed E-state index contributed by atoms with van der Waals surface area (Å²) in [6.07, 6.45) is 4.72. The van der Waals surface area contributed by atoms with E-state index in [-0.39, 0.29) is 11.9 Å². The molecule has 0 spiro atoms. The molecule has 1 aliphatic carbocycles. The maximum atomic E-state index is 12.4. The molecule has 3 atom stereocenters. The van der Waals surface area contributed by atoms with Crippen LogP contribution in [-0.2, 0) is 4.74 Å². The topological polar surface area (TPSA) is 67.6 Å². The number of ether oxygens (including phenoxy) is 1. The Morgan fingerprint density at radius 1 is 1.38 bits per heavy atom. The van der Waals surface area contributed by atoms with Gasteiger partial charge in [0.25, 0.3) is 5.91 Å². The molecule has 2 aliphatic heterocycles. The second-order valence-electron chi connectivity index (χ2n) is 7.75. The average molecular weight is 333 g/mol. The zero-order valence-corrected chi connectivity index (χ0v) is 14.4. The van der Waals surface area contributed by atoms with E-state index in [1.54, 1.807) is 0 Å². The second-order valence-corrected chi connectivity index (χ2v) is 7.75. The molecule has 4 rings (SSSR count). The third-order valence-electron chi connectivity index (χ3n) is 5.52. The van der Waals surface area contributed by atoms with Gasteiger partial charge in [-0.05, 0) is 37.5 Å². The molecule has 1 aromatic rings. The quantitative estimate of drug-likeness (QED) is 0.893. The number of likely N-dealkylation sites (tertiary alicyclic amines) is 1. The summed E-state index contributed by atoms with van der Waals surface area (Å²) in [5.41, 5.74) is 0.420. The van der Waals surface area contributed by atoms with E-state index >= 15 is 0 Å². The fraction of sp³-hybridized carbons (Fsp3) is 0.778. The molecule has 0 bridgehead atoms. The van der Waals surface area contributed by atoms with Gasteiger partial charge in [-0.1, -0.05) is 12.1 Å². The predicted molar refractivity (Wildman–Crippen MR) is 88.9 cm³/mol. The summed E-state index contributed by atoms with van der Waals surface area (Å²) in [5, 5.41) is 7.09. The van der Waals surface area contributed by atoms with Gasteiger partial charge in [0, 0.05) is 44.3 Å². The highest BCUT2D eigenvalue weighted by Crippen LogP contribution is 2.40. The SMILES string of the molecule is C[C@@H]1CN(CC2CCCOC2)C[C@@H]1NC(=O)c1cc(C2CC2)on1. The first-order valence-electron chi connectivity index (χ1n) is 9.26. The summed E-state index contributed by atoms with van der Waals surface area (Å²) in [5.74, 6) is 2.33. The highest BCUT2D eigenvalue weighted by atomic mass is 16.5. The Bertz CT molecular complexity index is 578. The minimum atomic E-state index is -0.106. The number of nitrogens with zero attached hydrogens (tertiary/aromatic N) is 2. The Morgan fingerprint density at radius 3 is 3.00 bits per heavy atom. The zero-order chi connectivity index (χ0) is 16.5. The van der Waals surface area contributed by atoms with Crippen LogP contribution >= 0.6 is 0 Å². The van der Waals surface area contributed by atoms with E-state index in [1.807, 2.05) is 6.07 Å². The Labute approximate surface area is 142 Å². The molecule has 0 radical (unpaired) electrons. The summed E-state index contributed by atoms with van der Waals surface area (Å²) < 4.78 is 10.9. The fourth-order valence-corrected chi connectivity index (χ4v) is 3.92. The monoisotopic (exact) mass is 333 g/mol. The van der Waals surface area contributed by atoms with Gasteiger partial charge in [-0.3, -0.25) is 4.79 Å². The van der Waals surface area contributed by atoms with Crippen molar-refractivity contribution in [1.82, 2.24) is 15.4 Å². The van der Waals surface area contributed by atoms with Crippen molar-refractivity contribution in [1.29, 1.82) is 0 Å². The molecule has 1 unspecified atom stereocenters. The van der Waals surface area contributed by atoms with Gasteiger partial charge in [-0.15, -0.1) is 0 Å². The van der Waals surface area contributed by atoms with Gasteiger partial charge in [-0.25, -0.2) is 0 Å². The van der Waals surface area contributed by atoms with Crippen molar-refractivity contribution in [3.05, 3.63) is 17.5 Å². The lowest BCUT2D eigenvalue weighted by atomic mass is 10.0. The van der Waals surface area contributed by atoms with Gasteiger partial charge in [0.2, 0.25) is 0 Å². The Kier molecular flexibility index (Phi) is 4.59. The Morgan fingerprint density at radius 2 is 2.25 bits per heavy atom. The molecule has 6 heteroatoms. The van der Waals surface area contributed by atoms with Crippen molar-refractivity contribution in [2.24, 2.45) is 11.8 Å². The van der Waals surface area contributed by atoms with Gasteiger partial charge < -0.3 is 19.5 Å². The van der Waals surface area contributed by atoms with Crippen LogP contribution in [0.1, 0.15) is 54.8 Å². The summed E-state index contributed by atoms with van der Waals surface area (Å²) in [4.78, 5) is 14.9. The minimum Gasteiger partial charge on any atom is -0.381 e. The molecule has 132 valence electrons. The minimum absolute atomic E-state index is 0.106. The first kappa shape index (κ1) is 16.1. The van der Waals surface area contributed by atoms with Crippen molar-refractivity contribution >= 4 is 5.91 Å². The van der Waals surface area contributed by atoms with Gasteiger partial charge in [0.15, 0.2) is 5.69 Å². The first-order valence-corrected chi connectivity index (χ1v) is 9.26. The van der Waals surface area contributed by atoms with Crippen molar-refractivity contribution in [3.8, 4) is 0 Å². The summed E-state index contributed by atoms with van der Waals surface area (Å²) >= 11 is 0.